The molecular weight excluding hydrogens is 318 g/mol. The fraction of sp³-hybridized carbons (Fsp3) is 0.250. The van der Waals surface area contributed by atoms with Crippen LogP contribution in [0.4, 0.5) is 0 Å². The standard InChI is InChI=1S/C4H3I2O/c5-3-1-2-4(6)7-3/h1H,2H2. The maximum Gasteiger partial charge on any atom is 0.211 e. The summed E-state index contributed by atoms with van der Waals surface area (Å²) in [6.45, 7) is 0. The van der Waals surface area contributed by atoms with E-state index in [-0.39, 0.29) is 0 Å². The summed E-state index contributed by atoms with van der Waals surface area (Å²) in [5, 5.41) is 0. The highest BCUT2D eigenvalue weighted by Crippen LogP contribution is 2.31. The van der Waals surface area contributed by atoms with Crippen LogP contribution in [0.15, 0.2) is 9.84 Å². The molecule has 0 aromatic rings. The number of halogens is 2. The third-order valence-electron chi connectivity index (χ3n) is 0.631. The molecule has 1 radical (unpaired) electrons. The highest BCUT2D eigenvalue weighted by atomic mass is 127. The van der Waals surface area contributed by atoms with E-state index >= 15 is 0 Å². The summed E-state index contributed by atoms with van der Waals surface area (Å²) in [7, 11) is 0. The fourth-order valence-corrected chi connectivity index (χ4v) is 1.71. The summed E-state index contributed by atoms with van der Waals surface area (Å²) < 4.78 is 7.19. The predicted octanol–water partition coefficient (Wildman–Crippen LogP) is 2.61. The summed E-state index contributed by atoms with van der Waals surface area (Å²) >= 11 is 4.35. The second kappa shape index (κ2) is 2.52. The Balaban J connectivity index is 2.42. The first-order valence-electron chi connectivity index (χ1n) is 1.84. The topological polar surface area (TPSA) is 9.23 Å². The first kappa shape index (κ1) is 6.12. The molecule has 0 saturated heterocycles. The highest BCUT2D eigenvalue weighted by Gasteiger charge is 2.12. The molecule has 0 bridgehead atoms. The van der Waals surface area contributed by atoms with Crippen LogP contribution in [0.2, 0.25) is 0 Å². The minimum absolute atomic E-state index is 0.985. The minimum Gasteiger partial charge on any atom is -0.466 e. The lowest BCUT2D eigenvalue weighted by atomic mass is 10.5. The molecule has 1 aliphatic heterocycles. The van der Waals surface area contributed by atoms with Crippen molar-refractivity contribution in [3.05, 3.63) is 14.0 Å². The van der Waals surface area contributed by atoms with E-state index < -0.39 is 0 Å². The van der Waals surface area contributed by atoms with Crippen LogP contribution in [0.25, 0.3) is 0 Å². The van der Waals surface area contributed by atoms with E-state index in [0.717, 1.165) is 14.3 Å². The molecule has 0 spiro atoms. The van der Waals surface area contributed by atoms with Crippen LogP contribution in [-0.2, 0) is 4.74 Å². The second-order valence-corrected chi connectivity index (χ2v) is 3.44. The molecule has 39 valence electrons. The molecule has 1 rings (SSSR count). The largest absolute Gasteiger partial charge is 0.466 e. The maximum atomic E-state index is 5.11. The zero-order chi connectivity index (χ0) is 5.28. The molecule has 3 heteroatoms. The summed E-state index contributed by atoms with van der Waals surface area (Å²) in [6.07, 6.45) is 3.04. The number of hydrogen-bond acceptors (Lipinski definition) is 1. The van der Waals surface area contributed by atoms with Gasteiger partial charge in [0, 0.05) is 6.42 Å². The van der Waals surface area contributed by atoms with E-state index in [9.17, 15) is 0 Å². The van der Waals surface area contributed by atoms with Crippen molar-refractivity contribution >= 4 is 45.2 Å². The third kappa shape index (κ3) is 1.75. The average molecular weight is 321 g/mol. The molecule has 0 saturated carbocycles. The van der Waals surface area contributed by atoms with E-state index in [1.165, 1.54) is 0 Å². The Morgan fingerprint density at radius 3 is 2.43 bits per heavy atom. The minimum atomic E-state index is 0.985. The molecule has 0 unspecified atom stereocenters. The summed E-state index contributed by atoms with van der Waals surface area (Å²) in [4.78, 5) is 0. The van der Waals surface area contributed by atoms with Crippen molar-refractivity contribution < 1.29 is 4.74 Å². The third-order valence-corrected chi connectivity index (χ3v) is 1.95. The van der Waals surface area contributed by atoms with Crippen molar-refractivity contribution in [2.75, 3.05) is 0 Å². The van der Waals surface area contributed by atoms with Gasteiger partial charge in [-0.05, 0) is 51.3 Å². The maximum absolute atomic E-state index is 5.11. The lowest BCUT2D eigenvalue weighted by molar-refractivity contribution is 0.340. The lowest BCUT2D eigenvalue weighted by Gasteiger charge is -1.96. The average Bonchev–Trinajstić information content (AvgIpc) is 1.87. The summed E-state index contributed by atoms with van der Waals surface area (Å²) in [5.74, 6) is 0. The van der Waals surface area contributed by atoms with Crippen LogP contribution in [0, 0.1) is 4.11 Å². The van der Waals surface area contributed by atoms with Crippen molar-refractivity contribution in [1.29, 1.82) is 0 Å². The van der Waals surface area contributed by atoms with Crippen molar-refractivity contribution in [1.82, 2.24) is 0 Å². The molecule has 1 heterocycles. The molecule has 0 amide bonds. The van der Waals surface area contributed by atoms with Crippen LogP contribution in [-0.4, -0.2) is 0 Å². The number of rotatable bonds is 0. The molecular formula is C4H3I2O. The van der Waals surface area contributed by atoms with Gasteiger partial charge >= 0.3 is 0 Å². The van der Waals surface area contributed by atoms with Crippen LogP contribution >= 0.6 is 45.2 Å². The fourth-order valence-electron chi connectivity index (χ4n) is 0.350. The van der Waals surface area contributed by atoms with Crippen LogP contribution in [0.5, 0.6) is 0 Å². The molecule has 7 heavy (non-hydrogen) atoms. The van der Waals surface area contributed by atoms with Gasteiger partial charge in [-0.2, -0.15) is 0 Å². The first-order valence-corrected chi connectivity index (χ1v) is 3.99. The SMILES string of the molecule is I[C]1CC=C(I)O1. The van der Waals surface area contributed by atoms with Gasteiger partial charge in [-0.3, -0.25) is 0 Å². The predicted molar refractivity (Wildman–Crippen MR) is 45.1 cm³/mol. The molecule has 0 atom stereocenters. The van der Waals surface area contributed by atoms with Gasteiger partial charge in [0.15, 0.2) is 3.77 Å². The first-order chi connectivity index (χ1) is 3.29. The van der Waals surface area contributed by atoms with Gasteiger partial charge in [0.05, 0.1) is 0 Å². The monoisotopic (exact) mass is 321 g/mol. The van der Waals surface area contributed by atoms with Crippen molar-refractivity contribution in [2.45, 2.75) is 6.42 Å². The van der Waals surface area contributed by atoms with Crippen LogP contribution in [0.1, 0.15) is 6.42 Å². The van der Waals surface area contributed by atoms with Gasteiger partial charge in [-0.25, -0.2) is 0 Å². The van der Waals surface area contributed by atoms with E-state index in [4.69, 9.17) is 4.74 Å². The Labute approximate surface area is 69.8 Å². The van der Waals surface area contributed by atoms with Crippen molar-refractivity contribution in [3.63, 3.8) is 0 Å². The Morgan fingerprint density at radius 2 is 2.29 bits per heavy atom. The molecule has 1 aliphatic rings. The van der Waals surface area contributed by atoms with Gasteiger partial charge in [-0.15, -0.1) is 0 Å². The molecule has 0 aliphatic carbocycles. The van der Waals surface area contributed by atoms with E-state index in [1.54, 1.807) is 0 Å². The van der Waals surface area contributed by atoms with E-state index in [2.05, 4.69) is 51.3 Å². The molecule has 0 N–H and O–H groups in total. The Kier molecular flexibility index (Phi) is 2.21. The highest BCUT2D eigenvalue weighted by molar-refractivity contribution is 14.1. The Morgan fingerprint density at radius 1 is 1.57 bits per heavy atom. The normalized spacial score (nSPS) is 21.7. The van der Waals surface area contributed by atoms with Gasteiger partial charge in [-0.1, -0.05) is 0 Å². The van der Waals surface area contributed by atoms with Crippen LogP contribution in [0.3, 0.4) is 0 Å². The summed E-state index contributed by atoms with van der Waals surface area (Å²) in [5.41, 5.74) is 0. The number of hydrogen-bond donors (Lipinski definition) is 0. The smallest absolute Gasteiger partial charge is 0.211 e. The van der Waals surface area contributed by atoms with Crippen molar-refractivity contribution in [3.8, 4) is 0 Å². The zero-order valence-electron chi connectivity index (χ0n) is 3.45. The molecule has 0 aromatic carbocycles. The molecule has 0 fully saturated rings. The van der Waals surface area contributed by atoms with Gasteiger partial charge in [0.25, 0.3) is 0 Å². The Bertz CT molecular complexity index is 99.9. The molecule has 0 aromatic heterocycles. The van der Waals surface area contributed by atoms with E-state index in [0.29, 0.717) is 0 Å². The lowest BCUT2D eigenvalue weighted by Crippen LogP contribution is -1.77. The Hall–Kier alpha value is 1.00. The molecule has 1 nitrogen and oxygen atoms in total. The van der Waals surface area contributed by atoms with Crippen molar-refractivity contribution in [2.24, 2.45) is 0 Å². The second-order valence-electron chi connectivity index (χ2n) is 1.17. The van der Waals surface area contributed by atoms with Gasteiger partial charge in [0.2, 0.25) is 4.11 Å². The van der Waals surface area contributed by atoms with Gasteiger partial charge in [0.1, 0.15) is 0 Å². The van der Waals surface area contributed by atoms with E-state index in [1.807, 2.05) is 0 Å². The van der Waals surface area contributed by atoms with Gasteiger partial charge < -0.3 is 4.74 Å². The summed E-state index contributed by atoms with van der Waals surface area (Å²) in [6, 6.07) is 0. The van der Waals surface area contributed by atoms with Crippen LogP contribution < -0.4 is 0 Å². The zero-order valence-corrected chi connectivity index (χ0v) is 7.76. The quantitative estimate of drug-likeness (QED) is 0.623. The number of ether oxygens (including phenoxy) is 1.